The number of aryl methyl sites for hydroxylation is 1. The lowest BCUT2D eigenvalue weighted by molar-refractivity contribution is 0.340. The summed E-state index contributed by atoms with van der Waals surface area (Å²) in [5.41, 5.74) is 8.82. The highest BCUT2D eigenvalue weighted by atomic mass is 35.5. The van der Waals surface area contributed by atoms with E-state index >= 15 is 0 Å². The molecule has 2 rings (SSSR count). The Morgan fingerprint density at radius 3 is 2.93 bits per heavy atom. The van der Waals surface area contributed by atoms with E-state index < -0.39 is 0 Å². The van der Waals surface area contributed by atoms with Crippen LogP contribution in [0.3, 0.4) is 0 Å². The van der Waals surface area contributed by atoms with Gasteiger partial charge in [0.1, 0.15) is 0 Å². The Labute approximate surface area is 95.8 Å². The monoisotopic (exact) mass is 224 g/mol. The summed E-state index contributed by atoms with van der Waals surface area (Å²) >= 11 is 5.91. The van der Waals surface area contributed by atoms with Crippen molar-refractivity contribution < 1.29 is 0 Å². The molecule has 0 fully saturated rings. The van der Waals surface area contributed by atoms with Crippen molar-refractivity contribution in [3.05, 3.63) is 22.5 Å². The number of nitrogens with zero attached hydrogens (tertiary/aromatic N) is 1. The van der Waals surface area contributed by atoms with Crippen LogP contribution in [0, 0.1) is 11.8 Å². The second-order valence-corrected chi connectivity index (χ2v) is 5.08. The van der Waals surface area contributed by atoms with E-state index in [4.69, 9.17) is 17.3 Å². The maximum absolute atomic E-state index is 5.91. The molecular weight excluding hydrogens is 208 g/mol. The number of fused-ring (bicyclic) bond motifs is 1. The molecule has 0 aliphatic heterocycles. The molecule has 1 atom stereocenters. The van der Waals surface area contributed by atoms with Crippen LogP contribution in [0.15, 0.2) is 6.07 Å². The van der Waals surface area contributed by atoms with Crippen LogP contribution in [-0.2, 0) is 12.8 Å². The summed E-state index contributed by atoms with van der Waals surface area (Å²) in [5.74, 6) is 1.50. The fraction of sp³-hybridized carbons (Fsp3) is 0.583. The largest absolute Gasteiger partial charge is 0.396 e. The van der Waals surface area contributed by atoms with Crippen LogP contribution in [0.2, 0.25) is 5.15 Å². The lowest BCUT2D eigenvalue weighted by Crippen LogP contribution is -2.20. The zero-order valence-corrected chi connectivity index (χ0v) is 10.0. The molecule has 1 heterocycles. The number of hydrogen-bond acceptors (Lipinski definition) is 2. The minimum absolute atomic E-state index is 0.455. The van der Waals surface area contributed by atoms with Crippen LogP contribution in [0.1, 0.15) is 31.5 Å². The van der Waals surface area contributed by atoms with Crippen molar-refractivity contribution in [2.75, 3.05) is 5.73 Å². The van der Waals surface area contributed by atoms with Crippen LogP contribution >= 0.6 is 11.6 Å². The maximum Gasteiger partial charge on any atom is 0.152 e. The predicted octanol–water partition coefficient (Wildman–Crippen LogP) is 3.08. The minimum Gasteiger partial charge on any atom is -0.396 e. The number of halogens is 1. The van der Waals surface area contributed by atoms with E-state index in [1.165, 1.54) is 12.0 Å². The molecule has 2 nitrogen and oxygen atoms in total. The van der Waals surface area contributed by atoms with Crippen molar-refractivity contribution in [1.82, 2.24) is 4.98 Å². The first-order valence-corrected chi connectivity index (χ1v) is 5.89. The van der Waals surface area contributed by atoms with Crippen molar-refractivity contribution in [3.63, 3.8) is 0 Å². The zero-order valence-electron chi connectivity index (χ0n) is 9.26. The molecule has 1 aliphatic rings. The molecule has 2 N–H and O–H groups in total. The van der Waals surface area contributed by atoms with Crippen molar-refractivity contribution in [2.45, 2.75) is 33.1 Å². The Morgan fingerprint density at radius 2 is 2.27 bits per heavy atom. The highest BCUT2D eigenvalue weighted by Crippen LogP contribution is 2.31. The quantitative estimate of drug-likeness (QED) is 0.745. The number of rotatable bonds is 1. The summed E-state index contributed by atoms with van der Waals surface area (Å²) in [5, 5.41) is 0.455. The number of hydrogen-bond donors (Lipinski definition) is 1. The molecule has 0 bridgehead atoms. The van der Waals surface area contributed by atoms with Gasteiger partial charge in [-0.1, -0.05) is 25.4 Å². The van der Waals surface area contributed by atoms with Crippen LogP contribution in [0.4, 0.5) is 5.69 Å². The summed E-state index contributed by atoms with van der Waals surface area (Å²) in [6.45, 7) is 4.56. The first-order valence-electron chi connectivity index (χ1n) is 5.51. The Balaban J connectivity index is 2.30. The Kier molecular flexibility index (Phi) is 2.87. The molecule has 0 spiro atoms. The highest BCUT2D eigenvalue weighted by molar-refractivity contribution is 6.31. The first kappa shape index (κ1) is 10.7. The van der Waals surface area contributed by atoms with Gasteiger partial charge in [0.25, 0.3) is 0 Å². The Morgan fingerprint density at radius 1 is 1.53 bits per heavy atom. The fourth-order valence-electron chi connectivity index (χ4n) is 2.25. The molecule has 1 aliphatic carbocycles. The van der Waals surface area contributed by atoms with Gasteiger partial charge in [0, 0.05) is 5.69 Å². The van der Waals surface area contributed by atoms with E-state index in [9.17, 15) is 0 Å². The second kappa shape index (κ2) is 4.01. The van der Waals surface area contributed by atoms with Crippen molar-refractivity contribution in [1.29, 1.82) is 0 Å². The van der Waals surface area contributed by atoms with Gasteiger partial charge in [-0.15, -0.1) is 0 Å². The molecule has 0 radical (unpaired) electrons. The van der Waals surface area contributed by atoms with Gasteiger partial charge in [-0.25, -0.2) is 4.98 Å². The Hall–Kier alpha value is -0.760. The SMILES string of the molecule is CC(C)C1CCc2nc(Cl)c(N)cc2C1. The molecule has 0 saturated heterocycles. The van der Waals surface area contributed by atoms with Crippen LogP contribution in [0.25, 0.3) is 0 Å². The van der Waals surface area contributed by atoms with Gasteiger partial charge in [-0.2, -0.15) is 0 Å². The first-order chi connectivity index (χ1) is 7.08. The second-order valence-electron chi connectivity index (χ2n) is 4.72. The molecular formula is C12H17ClN2. The van der Waals surface area contributed by atoms with Crippen LogP contribution < -0.4 is 5.73 Å². The van der Waals surface area contributed by atoms with E-state index in [2.05, 4.69) is 18.8 Å². The lowest BCUT2D eigenvalue weighted by Gasteiger charge is -2.27. The molecule has 0 saturated carbocycles. The summed E-state index contributed by atoms with van der Waals surface area (Å²) in [7, 11) is 0. The van der Waals surface area contributed by atoms with Gasteiger partial charge in [-0.05, 0) is 42.7 Å². The van der Waals surface area contributed by atoms with Gasteiger partial charge in [0.15, 0.2) is 5.15 Å². The number of nitrogens with two attached hydrogens (primary N) is 1. The van der Waals surface area contributed by atoms with Crippen molar-refractivity contribution >= 4 is 17.3 Å². The molecule has 1 unspecified atom stereocenters. The smallest absolute Gasteiger partial charge is 0.152 e. The van der Waals surface area contributed by atoms with E-state index in [1.54, 1.807) is 0 Å². The van der Waals surface area contributed by atoms with Crippen molar-refractivity contribution in [2.24, 2.45) is 11.8 Å². The van der Waals surface area contributed by atoms with Crippen molar-refractivity contribution in [3.8, 4) is 0 Å². The van der Waals surface area contributed by atoms with Gasteiger partial charge in [-0.3, -0.25) is 0 Å². The Bertz CT molecular complexity index is 374. The topological polar surface area (TPSA) is 38.9 Å². The van der Waals surface area contributed by atoms with E-state index in [0.29, 0.717) is 10.8 Å². The lowest BCUT2D eigenvalue weighted by atomic mass is 9.80. The molecule has 1 aromatic rings. The number of nitrogen functional groups attached to an aromatic ring is 1. The van der Waals surface area contributed by atoms with Gasteiger partial charge >= 0.3 is 0 Å². The average molecular weight is 225 g/mol. The number of pyridine rings is 1. The maximum atomic E-state index is 5.91. The zero-order chi connectivity index (χ0) is 11.0. The van der Waals surface area contributed by atoms with Gasteiger partial charge in [0.2, 0.25) is 0 Å². The standard InChI is InChI=1S/C12H17ClN2/c1-7(2)8-3-4-11-9(5-8)6-10(14)12(13)15-11/h6-8H,3-5,14H2,1-2H3. The van der Waals surface area contributed by atoms with E-state index in [-0.39, 0.29) is 0 Å². The summed E-state index contributed by atoms with van der Waals surface area (Å²) in [6.07, 6.45) is 3.36. The third-order valence-corrected chi connectivity index (χ3v) is 3.65. The third-order valence-electron chi connectivity index (χ3n) is 3.35. The predicted molar refractivity (Wildman–Crippen MR) is 64.0 cm³/mol. The molecule has 15 heavy (non-hydrogen) atoms. The van der Waals surface area contributed by atoms with Crippen LogP contribution in [0.5, 0.6) is 0 Å². The summed E-state index contributed by atoms with van der Waals surface area (Å²) in [4.78, 5) is 4.35. The van der Waals surface area contributed by atoms with Gasteiger partial charge in [0.05, 0.1) is 5.69 Å². The third kappa shape index (κ3) is 2.10. The minimum atomic E-state index is 0.455. The molecule has 3 heteroatoms. The highest BCUT2D eigenvalue weighted by Gasteiger charge is 2.22. The number of aromatic nitrogens is 1. The molecule has 82 valence electrons. The van der Waals surface area contributed by atoms with E-state index in [1.807, 2.05) is 6.07 Å². The van der Waals surface area contributed by atoms with Crippen LogP contribution in [-0.4, -0.2) is 4.98 Å². The number of anilines is 1. The summed E-state index contributed by atoms with van der Waals surface area (Å²) < 4.78 is 0. The van der Waals surface area contributed by atoms with Gasteiger partial charge < -0.3 is 5.73 Å². The fourth-order valence-corrected chi connectivity index (χ4v) is 2.41. The van der Waals surface area contributed by atoms with E-state index in [0.717, 1.165) is 30.4 Å². The molecule has 1 aromatic heterocycles. The molecule has 0 aromatic carbocycles. The average Bonchev–Trinajstić information content (AvgIpc) is 2.19. The molecule has 0 amide bonds. The summed E-state index contributed by atoms with van der Waals surface area (Å²) in [6, 6.07) is 2.00. The normalized spacial score (nSPS) is 20.4.